The summed E-state index contributed by atoms with van der Waals surface area (Å²) in [5, 5.41) is 16.2. The normalized spacial score (nSPS) is 24.3. The van der Waals surface area contributed by atoms with Crippen LogP contribution in [0.25, 0.3) is 0 Å². The van der Waals surface area contributed by atoms with Crippen molar-refractivity contribution in [2.45, 2.75) is 11.3 Å². The number of allylic oxidation sites excluding steroid dienone is 1. The molecule has 0 heterocycles. The van der Waals surface area contributed by atoms with Crippen LogP contribution >= 0.6 is 11.6 Å². The average Bonchev–Trinajstić information content (AvgIpc) is 2.28. The highest BCUT2D eigenvalue weighted by Crippen LogP contribution is 2.29. The van der Waals surface area contributed by atoms with Gasteiger partial charge in [-0.2, -0.15) is 10.5 Å². The maximum atomic E-state index is 11.0. The van der Waals surface area contributed by atoms with Gasteiger partial charge in [0.1, 0.15) is 0 Å². The molecule has 6 nitrogen and oxygen atoms in total. The van der Waals surface area contributed by atoms with E-state index in [0.29, 0.717) is 0 Å². The smallest absolute Gasteiger partial charge is 0.299 e. The maximum Gasteiger partial charge on any atom is 0.372 e. The van der Waals surface area contributed by atoms with Gasteiger partial charge in [0.15, 0.2) is 4.87 Å². The first kappa shape index (κ1) is 11.7. The minimum atomic E-state index is -1.53. The zero-order valence-corrected chi connectivity index (χ0v) is 8.10. The summed E-state index contributed by atoms with van der Waals surface area (Å²) in [6, 6.07) is 0. The third-order valence-corrected chi connectivity index (χ3v) is 2.32. The molecule has 0 saturated heterocycles. The summed E-state index contributed by atoms with van der Waals surface area (Å²) in [7, 11) is 0. The number of carbonyl (C=O) groups excluding carboxylic acids is 2. The van der Waals surface area contributed by atoms with Crippen LogP contribution in [0, 0.1) is 0 Å². The van der Waals surface area contributed by atoms with E-state index in [1.165, 1.54) is 18.2 Å². The van der Waals surface area contributed by atoms with Crippen LogP contribution in [0.1, 0.15) is 6.42 Å². The molecule has 1 aliphatic carbocycles. The lowest BCUT2D eigenvalue weighted by Gasteiger charge is -2.20. The number of hydrogen-bond acceptors (Lipinski definition) is 6. The van der Waals surface area contributed by atoms with Crippen molar-refractivity contribution in [2.75, 3.05) is 0 Å². The molecule has 7 heteroatoms. The Hall–Kier alpha value is -1.37. The Kier molecular flexibility index (Phi) is 3.46. The van der Waals surface area contributed by atoms with Crippen LogP contribution in [0.2, 0.25) is 0 Å². The molecule has 1 unspecified atom stereocenters. The van der Waals surface area contributed by atoms with E-state index in [4.69, 9.17) is 22.1 Å². The number of hydrogen-bond donors (Lipinski definition) is 2. The average molecular weight is 235 g/mol. The fraction of sp³-hybridized carbons (Fsp3) is 0.250. The Balaban J connectivity index is 2.79. The number of alkyl halides is 1. The summed E-state index contributed by atoms with van der Waals surface area (Å²) in [6.07, 6.45) is 3.57. The van der Waals surface area contributed by atoms with E-state index in [-0.39, 0.29) is 12.0 Å². The molecular weight excluding hydrogens is 228 g/mol. The zero-order valence-electron chi connectivity index (χ0n) is 7.34. The van der Waals surface area contributed by atoms with Gasteiger partial charge in [-0.3, -0.25) is 9.78 Å². The van der Waals surface area contributed by atoms with E-state index in [1.807, 2.05) is 0 Å². The zero-order chi connectivity index (χ0) is 11.5. The van der Waals surface area contributed by atoms with Gasteiger partial charge in [-0.25, -0.2) is 9.59 Å². The molecule has 0 aromatic carbocycles. The van der Waals surface area contributed by atoms with Crippen LogP contribution in [-0.4, -0.2) is 27.3 Å². The largest absolute Gasteiger partial charge is 0.372 e. The molecule has 0 bridgehead atoms. The third kappa shape index (κ3) is 2.35. The molecule has 0 spiro atoms. The van der Waals surface area contributed by atoms with Crippen LogP contribution in [0.4, 0.5) is 0 Å². The third-order valence-electron chi connectivity index (χ3n) is 1.89. The summed E-state index contributed by atoms with van der Waals surface area (Å²) < 4.78 is 0. The second kappa shape index (κ2) is 4.43. The van der Waals surface area contributed by atoms with Crippen LogP contribution in [0.15, 0.2) is 23.8 Å². The lowest BCUT2D eigenvalue weighted by molar-refractivity contribution is -0.236. The van der Waals surface area contributed by atoms with E-state index < -0.39 is 16.8 Å². The molecule has 0 fully saturated rings. The predicted molar refractivity (Wildman–Crippen MR) is 47.9 cm³/mol. The van der Waals surface area contributed by atoms with Crippen LogP contribution in [0.3, 0.4) is 0 Å². The second-order valence-corrected chi connectivity index (χ2v) is 3.49. The van der Waals surface area contributed by atoms with Crippen molar-refractivity contribution in [3.63, 3.8) is 0 Å². The molecule has 0 aromatic heterocycles. The van der Waals surface area contributed by atoms with E-state index in [0.717, 1.165) is 0 Å². The van der Waals surface area contributed by atoms with Gasteiger partial charge in [0.2, 0.25) is 0 Å². The number of halogens is 1. The van der Waals surface area contributed by atoms with E-state index in [2.05, 4.69) is 9.78 Å². The van der Waals surface area contributed by atoms with Crippen molar-refractivity contribution >= 4 is 23.5 Å². The molecule has 2 N–H and O–H groups in total. The van der Waals surface area contributed by atoms with Gasteiger partial charge in [0.25, 0.3) is 0 Å². The van der Waals surface area contributed by atoms with Gasteiger partial charge in [0.05, 0.1) is 5.57 Å². The molecule has 1 rings (SSSR count). The molecular formula is C8H7ClO6. The molecule has 0 aliphatic heterocycles. The highest BCUT2D eigenvalue weighted by molar-refractivity contribution is 6.35. The maximum absolute atomic E-state index is 11.0. The van der Waals surface area contributed by atoms with Crippen LogP contribution < -0.4 is 0 Å². The van der Waals surface area contributed by atoms with Crippen molar-refractivity contribution in [3.05, 3.63) is 23.8 Å². The summed E-state index contributed by atoms with van der Waals surface area (Å²) in [4.78, 5) is 27.2. The fourth-order valence-electron chi connectivity index (χ4n) is 1.05. The van der Waals surface area contributed by atoms with Crippen molar-refractivity contribution in [2.24, 2.45) is 0 Å². The predicted octanol–water partition coefficient (Wildman–Crippen LogP) is 0.883. The molecule has 1 aliphatic rings. The van der Waals surface area contributed by atoms with Crippen molar-refractivity contribution in [1.82, 2.24) is 0 Å². The summed E-state index contributed by atoms with van der Waals surface area (Å²) in [5.74, 6) is -2.00. The quantitative estimate of drug-likeness (QED) is 0.419. The van der Waals surface area contributed by atoms with Gasteiger partial charge < -0.3 is 0 Å². The highest BCUT2D eigenvalue weighted by atomic mass is 35.5. The summed E-state index contributed by atoms with van der Waals surface area (Å²) >= 11 is 5.76. The molecule has 0 radical (unpaired) electrons. The van der Waals surface area contributed by atoms with Gasteiger partial charge in [-0.1, -0.05) is 12.2 Å². The minimum Gasteiger partial charge on any atom is -0.299 e. The topological polar surface area (TPSA) is 93.1 Å². The lowest BCUT2D eigenvalue weighted by atomic mass is 9.96. The highest BCUT2D eigenvalue weighted by Gasteiger charge is 2.37. The van der Waals surface area contributed by atoms with Gasteiger partial charge >= 0.3 is 11.9 Å². The second-order valence-electron chi connectivity index (χ2n) is 2.82. The van der Waals surface area contributed by atoms with E-state index in [9.17, 15) is 9.59 Å². The summed E-state index contributed by atoms with van der Waals surface area (Å²) in [5.41, 5.74) is 0.0551. The lowest BCUT2D eigenvalue weighted by Crippen LogP contribution is -2.33. The van der Waals surface area contributed by atoms with Crippen molar-refractivity contribution in [1.29, 1.82) is 0 Å². The first-order valence-electron chi connectivity index (χ1n) is 3.83. The molecule has 15 heavy (non-hydrogen) atoms. The van der Waals surface area contributed by atoms with Crippen LogP contribution in [0.5, 0.6) is 0 Å². The first-order valence-corrected chi connectivity index (χ1v) is 4.21. The van der Waals surface area contributed by atoms with Gasteiger partial charge in [-0.15, -0.1) is 11.6 Å². The Morgan fingerprint density at radius 2 is 2.07 bits per heavy atom. The Morgan fingerprint density at radius 3 is 2.47 bits per heavy atom. The van der Waals surface area contributed by atoms with E-state index >= 15 is 0 Å². The SMILES string of the molecule is O=C(OO)C1=CCC(Cl)(C(=O)OO)C=C1. The molecule has 1 atom stereocenters. The monoisotopic (exact) mass is 234 g/mol. The number of rotatable bonds is 2. The molecule has 0 amide bonds. The van der Waals surface area contributed by atoms with Gasteiger partial charge in [0, 0.05) is 6.42 Å². The Bertz CT molecular complexity index is 347. The van der Waals surface area contributed by atoms with Crippen LogP contribution in [-0.2, 0) is 19.4 Å². The summed E-state index contributed by atoms with van der Waals surface area (Å²) in [6.45, 7) is 0. The van der Waals surface area contributed by atoms with Crippen molar-refractivity contribution in [3.8, 4) is 0 Å². The van der Waals surface area contributed by atoms with E-state index in [1.54, 1.807) is 0 Å². The first-order chi connectivity index (χ1) is 7.03. The number of carbonyl (C=O) groups is 2. The Labute approximate surface area is 89.2 Å². The fourth-order valence-corrected chi connectivity index (χ4v) is 1.22. The standard InChI is InChI=1S/C8H7ClO6/c9-8(7(11)15-13)3-1-5(2-4-8)6(10)14-12/h1-3,12-13H,4H2. The molecule has 0 aromatic rings. The molecule has 0 saturated carbocycles. The molecule has 82 valence electrons. The minimum absolute atomic E-state index is 0.0551. The van der Waals surface area contributed by atoms with Gasteiger partial charge in [-0.05, 0) is 6.08 Å². The van der Waals surface area contributed by atoms with Crippen molar-refractivity contribution < 1.29 is 29.9 Å². The Morgan fingerprint density at radius 1 is 1.40 bits per heavy atom.